The number of rotatable bonds is 5. The molecule has 7 heteroatoms. The van der Waals surface area contributed by atoms with E-state index in [1.54, 1.807) is 0 Å². The van der Waals surface area contributed by atoms with Gasteiger partial charge in [0.1, 0.15) is 18.0 Å². The zero-order chi connectivity index (χ0) is 17.6. The molecule has 7 nitrogen and oxygen atoms in total. The molecule has 1 amide bonds. The Bertz CT molecular complexity index is 924. The summed E-state index contributed by atoms with van der Waals surface area (Å²) in [4.78, 5) is 40.3. The molecule has 0 atom stereocenters. The van der Waals surface area contributed by atoms with Gasteiger partial charge in [0.25, 0.3) is 5.91 Å². The highest BCUT2D eigenvalue weighted by Gasteiger charge is 2.14. The number of amides is 1. The van der Waals surface area contributed by atoms with Gasteiger partial charge >= 0.3 is 5.97 Å². The number of nitrogens with one attached hydrogen (secondary N) is 3. The quantitative estimate of drug-likeness (QED) is 0.621. The average Bonchev–Trinajstić information content (AvgIpc) is 3.13. The van der Waals surface area contributed by atoms with Crippen LogP contribution in [0.1, 0.15) is 26.5 Å². The fourth-order valence-corrected chi connectivity index (χ4v) is 2.13. The molecule has 0 fully saturated rings. The van der Waals surface area contributed by atoms with E-state index in [2.05, 4.69) is 15.3 Å². The van der Waals surface area contributed by atoms with Crippen molar-refractivity contribution in [3.8, 4) is 0 Å². The average molecular weight is 337 g/mol. The number of aromatic amines is 2. The van der Waals surface area contributed by atoms with Crippen LogP contribution in [0, 0.1) is 0 Å². The summed E-state index contributed by atoms with van der Waals surface area (Å²) in [6, 6.07) is 15.1. The van der Waals surface area contributed by atoms with E-state index in [1.165, 1.54) is 30.5 Å². The minimum Gasteiger partial charge on any atom is -0.456 e. The number of carbonyl (C=O) groups is 2. The minimum atomic E-state index is -0.549. The number of carbonyl (C=O) groups excluding carboxylic acids is 2. The van der Waals surface area contributed by atoms with Crippen LogP contribution in [0.2, 0.25) is 0 Å². The Labute approximate surface area is 142 Å². The summed E-state index contributed by atoms with van der Waals surface area (Å²) >= 11 is 0. The smallest absolute Gasteiger partial charge is 0.355 e. The van der Waals surface area contributed by atoms with Crippen molar-refractivity contribution in [2.45, 2.75) is 6.61 Å². The molecule has 0 radical (unpaired) electrons. The fraction of sp³-hybridized carbons (Fsp3) is 0.0556. The van der Waals surface area contributed by atoms with Crippen molar-refractivity contribution in [3.05, 3.63) is 88.1 Å². The van der Waals surface area contributed by atoms with Crippen molar-refractivity contribution in [2.24, 2.45) is 0 Å². The Balaban J connectivity index is 1.61. The van der Waals surface area contributed by atoms with Gasteiger partial charge in [-0.25, -0.2) is 4.79 Å². The van der Waals surface area contributed by atoms with Gasteiger partial charge in [-0.2, -0.15) is 0 Å². The summed E-state index contributed by atoms with van der Waals surface area (Å²) in [6.45, 7) is 0.150. The van der Waals surface area contributed by atoms with E-state index in [-0.39, 0.29) is 23.6 Å². The molecule has 2 heterocycles. The van der Waals surface area contributed by atoms with Gasteiger partial charge in [0.05, 0.1) is 5.69 Å². The Morgan fingerprint density at radius 1 is 0.960 bits per heavy atom. The third-order valence-electron chi connectivity index (χ3n) is 3.41. The van der Waals surface area contributed by atoms with Crippen LogP contribution in [0.3, 0.4) is 0 Å². The number of hydrogen-bond donors (Lipinski definition) is 3. The Morgan fingerprint density at radius 2 is 1.72 bits per heavy atom. The van der Waals surface area contributed by atoms with E-state index in [9.17, 15) is 14.4 Å². The normalized spacial score (nSPS) is 10.2. The Morgan fingerprint density at radius 3 is 2.44 bits per heavy atom. The molecule has 2 aromatic heterocycles. The van der Waals surface area contributed by atoms with Crippen LogP contribution < -0.4 is 10.9 Å². The molecule has 3 N–H and O–H groups in total. The standard InChI is InChI=1S/C18H15N3O4/c22-16-9-6-13(10-19-16)20-17(23)14-7-8-15(21-14)18(24)25-11-12-4-2-1-3-5-12/h1-10,21H,11H2,(H,19,22)(H,20,23). The van der Waals surface area contributed by atoms with Crippen LogP contribution in [0.5, 0.6) is 0 Å². The molecule has 3 rings (SSSR count). The van der Waals surface area contributed by atoms with E-state index in [0.717, 1.165) is 5.56 Å². The lowest BCUT2D eigenvalue weighted by atomic mass is 10.2. The van der Waals surface area contributed by atoms with Gasteiger partial charge in [-0.1, -0.05) is 30.3 Å². The number of H-pyrrole nitrogens is 2. The predicted octanol–water partition coefficient (Wildman–Crippen LogP) is 2.31. The first-order valence-corrected chi connectivity index (χ1v) is 7.52. The lowest BCUT2D eigenvalue weighted by molar-refractivity contribution is 0.0466. The number of esters is 1. The summed E-state index contributed by atoms with van der Waals surface area (Å²) in [5, 5.41) is 2.60. The largest absolute Gasteiger partial charge is 0.456 e. The van der Waals surface area contributed by atoms with E-state index in [0.29, 0.717) is 5.69 Å². The molecule has 126 valence electrons. The van der Waals surface area contributed by atoms with Crippen LogP contribution in [0.4, 0.5) is 5.69 Å². The summed E-state index contributed by atoms with van der Waals surface area (Å²) in [6.07, 6.45) is 1.39. The minimum absolute atomic E-state index is 0.150. The second kappa shape index (κ2) is 7.31. The molecule has 0 aliphatic heterocycles. The molecule has 0 bridgehead atoms. The van der Waals surface area contributed by atoms with E-state index < -0.39 is 11.9 Å². The molecule has 1 aromatic carbocycles. The van der Waals surface area contributed by atoms with E-state index >= 15 is 0 Å². The second-order valence-corrected chi connectivity index (χ2v) is 5.24. The number of anilines is 1. The number of hydrogen-bond acceptors (Lipinski definition) is 4. The van der Waals surface area contributed by atoms with Crippen molar-refractivity contribution < 1.29 is 14.3 Å². The van der Waals surface area contributed by atoms with Gasteiger partial charge in [-0.15, -0.1) is 0 Å². The highest BCUT2D eigenvalue weighted by atomic mass is 16.5. The molecular weight excluding hydrogens is 322 g/mol. The maximum atomic E-state index is 12.1. The van der Waals surface area contributed by atoms with Crippen LogP contribution in [0.25, 0.3) is 0 Å². The van der Waals surface area contributed by atoms with Crippen LogP contribution in [-0.4, -0.2) is 21.8 Å². The van der Waals surface area contributed by atoms with E-state index in [4.69, 9.17) is 4.74 Å². The van der Waals surface area contributed by atoms with Crippen LogP contribution >= 0.6 is 0 Å². The molecule has 0 spiro atoms. The maximum absolute atomic E-state index is 12.1. The zero-order valence-electron chi connectivity index (χ0n) is 13.1. The van der Waals surface area contributed by atoms with Crippen molar-refractivity contribution in [1.82, 2.24) is 9.97 Å². The third kappa shape index (κ3) is 4.23. The summed E-state index contributed by atoms with van der Waals surface area (Å²) in [5.74, 6) is -0.985. The van der Waals surface area contributed by atoms with Gasteiger partial charge in [0.15, 0.2) is 0 Å². The molecule has 0 aliphatic rings. The van der Waals surface area contributed by atoms with Gasteiger partial charge < -0.3 is 20.0 Å². The first-order valence-electron chi connectivity index (χ1n) is 7.52. The highest BCUT2D eigenvalue weighted by molar-refractivity contribution is 6.04. The summed E-state index contributed by atoms with van der Waals surface area (Å²) < 4.78 is 5.20. The molecule has 0 unspecified atom stereocenters. The maximum Gasteiger partial charge on any atom is 0.355 e. The van der Waals surface area contributed by atoms with Gasteiger partial charge in [-0.05, 0) is 23.8 Å². The monoisotopic (exact) mass is 337 g/mol. The first-order chi connectivity index (χ1) is 12.1. The fourth-order valence-electron chi connectivity index (χ4n) is 2.13. The molecule has 3 aromatic rings. The molecule has 25 heavy (non-hydrogen) atoms. The van der Waals surface area contributed by atoms with Crippen molar-refractivity contribution in [3.63, 3.8) is 0 Å². The third-order valence-corrected chi connectivity index (χ3v) is 3.41. The van der Waals surface area contributed by atoms with Gasteiger partial charge in [0, 0.05) is 12.3 Å². The lowest BCUT2D eigenvalue weighted by Gasteiger charge is -2.04. The van der Waals surface area contributed by atoms with E-state index in [1.807, 2.05) is 30.3 Å². The molecule has 0 saturated heterocycles. The van der Waals surface area contributed by atoms with Gasteiger partial charge in [-0.3, -0.25) is 9.59 Å². The van der Waals surface area contributed by atoms with Crippen LogP contribution in [-0.2, 0) is 11.3 Å². The topological polar surface area (TPSA) is 104 Å². The summed E-state index contributed by atoms with van der Waals surface area (Å²) in [5.41, 5.74) is 1.44. The molecular formula is C18H15N3O4. The van der Waals surface area contributed by atoms with Crippen molar-refractivity contribution >= 4 is 17.6 Å². The summed E-state index contributed by atoms with van der Waals surface area (Å²) in [7, 11) is 0. The molecule has 0 saturated carbocycles. The van der Waals surface area contributed by atoms with Crippen LogP contribution in [0.15, 0.2) is 65.6 Å². The van der Waals surface area contributed by atoms with Crippen molar-refractivity contribution in [2.75, 3.05) is 5.32 Å². The first kappa shape index (κ1) is 16.3. The number of ether oxygens (including phenoxy) is 1. The zero-order valence-corrected chi connectivity index (χ0v) is 13.1. The predicted molar refractivity (Wildman–Crippen MR) is 91.4 cm³/mol. The number of benzene rings is 1. The number of pyridine rings is 1. The molecule has 0 aliphatic carbocycles. The van der Waals surface area contributed by atoms with Crippen molar-refractivity contribution in [1.29, 1.82) is 0 Å². The lowest BCUT2D eigenvalue weighted by Crippen LogP contribution is -2.14. The highest BCUT2D eigenvalue weighted by Crippen LogP contribution is 2.09. The second-order valence-electron chi connectivity index (χ2n) is 5.24. The SMILES string of the molecule is O=C(Nc1ccc(=O)[nH]c1)c1ccc(C(=O)OCc2ccccc2)[nH]1. The Kier molecular flexibility index (Phi) is 4.75. The number of aromatic nitrogens is 2. The van der Waals surface area contributed by atoms with Gasteiger partial charge in [0.2, 0.25) is 5.56 Å². The Hall–Kier alpha value is -3.61.